The van der Waals surface area contributed by atoms with E-state index in [1.807, 2.05) is 0 Å². The lowest BCUT2D eigenvalue weighted by Gasteiger charge is -2.01. The van der Waals surface area contributed by atoms with Gasteiger partial charge in [0.2, 0.25) is 0 Å². The second kappa shape index (κ2) is 5.43. The van der Waals surface area contributed by atoms with Crippen LogP contribution in [0.1, 0.15) is 5.56 Å². The molecule has 15 heavy (non-hydrogen) atoms. The molecule has 0 saturated carbocycles. The van der Waals surface area contributed by atoms with E-state index >= 15 is 0 Å². The van der Waals surface area contributed by atoms with Crippen molar-refractivity contribution in [2.45, 2.75) is 0 Å². The fraction of sp³-hybridized carbons (Fsp3) is 0.200. The molecular formula is C10H10N4O. The smallest absolute Gasteiger partial charge is 0.122 e. The standard InChI is InChI=1S/C10H10N4O/c1-15-10-6-8(5-9(11)7-10)3-2-4-13-14-12/h5-7H,4,11H2,1H3. The fourth-order valence-electron chi connectivity index (χ4n) is 1.02. The highest BCUT2D eigenvalue weighted by molar-refractivity contribution is 5.52. The molecule has 0 fully saturated rings. The molecule has 0 aromatic heterocycles. The summed E-state index contributed by atoms with van der Waals surface area (Å²) in [7, 11) is 1.56. The van der Waals surface area contributed by atoms with Crippen LogP contribution >= 0.6 is 0 Å². The van der Waals surface area contributed by atoms with Gasteiger partial charge < -0.3 is 10.5 Å². The molecule has 5 nitrogen and oxygen atoms in total. The first-order chi connectivity index (χ1) is 7.26. The van der Waals surface area contributed by atoms with Crippen LogP contribution < -0.4 is 10.5 Å². The van der Waals surface area contributed by atoms with E-state index in [1.165, 1.54) is 0 Å². The molecular weight excluding hydrogens is 192 g/mol. The summed E-state index contributed by atoms with van der Waals surface area (Å²) in [4.78, 5) is 2.59. The van der Waals surface area contributed by atoms with Crippen LogP contribution in [0.15, 0.2) is 23.3 Å². The Morgan fingerprint density at radius 2 is 2.33 bits per heavy atom. The van der Waals surface area contributed by atoms with Crippen LogP contribution in [0.5, 0.6) is 5.75 Å². The number of nitrogens with two attached hydrogens (primary N) is 1. The van der Waals surface area contributed by atoms with Gasteiger partial charge in [-0.25, -0.2) is 0 Å². The molecule has 1 aromatic rings. The van der Waals surface area contributed by atoms with Gasteiger partial charge in [-0.15, -0.1) is 0 Å². The highest BCUT2D eigenvalue weighted by atomic mass is 16.5. The number of ether oxygens (including phenoxy) is 1. The van der Waals surface area contributed by atoms with Crippen molar-refractivity contribution in [3.05, 3.63) is 34.2 Å². The normalized spacial score (nSPS) is 8.33. The molecule has 0 amide bonds. The van der Waals surface area contributed by atoms with Crippen molar-refractivity contribution in [2.24, 2.45) is 5.11 Å². The van der Waals surface area contributed by atoms with E-state index in [-0.39, 0.29) is 6.54 Å². The minimum absolute atomic E-state index is 0.146. The third kappa shape index (κ3) is 3.51. The summed E-state index contributed by atoms with van der Waals surface area (Å²) < 4.78 is 5.03. The van der Waals surface area contributed by atoms with Crippen molar-refractivity contribution in [3.63, 3.8) is 0 Å². The van der Waals surface area contributed by atoms with Crippen LogP contribution in [0.4, 0.5) is 5.69 Å². The molecule has 0 saturated heterocycles. The number of nitrogens with zero attached hydrogens (tertiary/aromatic N) is 3. The van der Waals surface area contributed by atoms with Crippen molar-refractivity contribution < 1.29 is 4.74 Å². The summed E-state index contributed by atoms with van der Waals surface area (Å²) in [6.07, 6.45) is 0. The summed E-state index contributed by atoms with van der Waals surface area (Å²) in [5.41, 5.74) is 15.0. The summed E-state index contributed by atoms with van der Waals surface area (Å²) in [5.74, 6) is 6.18. The van der Waals surface area contributed by atoms with Gasteiger partial charge in [-0.2, -0.15) is 0 Å². The molecule has 0 aliphatic heterocycles. The molecule has 1 rings (SSSR count). The quantitative estimate of drug-likeness (QED) is 0.261. The number of nitrogen functional groups attached to an aromatic ring is 1. The third-order valence-electron chi connectivity index (χ3n) is 1.61. The fourth-order valence-corrected chi connectivity index (χ4v) is 1.02. The number of methoxy groups -OCH3 is 1. The third-order valence-corrected chi connectivity index (χ3v) is 1.61. The van der Waals surface area contributed by atoms with Crippen LogP contribution in [0.2, 0.25) is 0 Å². The largest absolute Gasteiger partial charge is 0.497 e. The molecule has 0 heterocycles. The van der Waals surface area contributed by atoms with E-state index in [2.05, 4.69) is 21.9 Å². The van der Waals surface area contributed by atoms with Gasteiger partial charge in [0.05, 0.1) is 13.7 Å². The average Bonchev–Trinajstić information content (AvgIpc) is 2.23. The van der Waals surface area contributed by atoms with Gasteiger partial charge in [0.1, 0.15) is 5.75 Å². The predicted octanol–water partition coefficient (Wildman–Crippen LogP) is 1.94. The first kappa shape index (κ1) is 10.8. The molecule has 0 aliphatic rings. The second-order valence-corrected chi connectivity index (χ2v) is 2.69. The minimum atomic E-state index is 0.146. The highest BCUT2D eigenvalue weighted by Crippen LogP contribution is 2.17. The van der Waals surface area contributed by atoms with Crippen LogP contribution in [0.25, 0.3) is 10.4 Å². The Kier molecular flexibility index (Phi) is 3.90. The molecule has 0 unspecified atom stereocenters. The van der Waals surface area contributed by atoms with Crippen molar-refractivity contribution in [1.82, 2.24) is 0 Å². The Hall–Kier alpha value is -2.31. The monoisotopic (exact) mass is 202 g/mol. The van der Waals surface area contributed by atoms with E-state index in [0.717, 1.165) is 5.56 Å². The van der Waals surface area contributed by atoms with Gasteiger partial charge >= 0.3 is 0 Å². The zero-order valence-electron chi connectivity index (χ0n) is 8.27. The Labute approximate surface area is 87.5 Å². The van der Waals surface area contributed by atoms with Crippen LogP contribution in [0.3, 0.4) is 0 Å². The lowest BCUT2D eigenvalue weighted by Crippen LogP contribution is -1.89. The molecule has 5 heteroatoms. The van der Waals surface area contributed by atoms with Crippen LogP contribution in [0, 0.1) is 11.8 Å². The number of benzene rings is 1. The number of hydrogen-bond donors (Lipinski definition) is 1. The van der Waals surface area contributed by atoms with Crippen molar-refractivity contribution in [3.8, 4) is 17.6 Å². The average molecular weight is 202 g/mol. The zero-order valence-corrected chi connectivity index (χ0v) is 8.27. The first-order valence-corrected chi connectivity index (χ1v) is 4.20. The Balaban J connectivity index is 2.87. The lowest BCUT2D eigenvalue weighted by molar-refractivity contribution is 0.415. The number of anilines is 1. The maximum absolute atomic E-state index is 8.04. The van der Waals surface area contributed by atoms with Gasteiger partial charge in [-0.1, -0.05) is 17.0 Å². The van der Waals surface area contributed by atoms with E-state index in [4.69, 9.17) is 16.0 Å². The van der Waals surface area contributed by atoms with Crippen molar-refractivity contribution >= 4 is 5.69 Å². The van der Waals surface area contributed by atoms with Gasteiger partial charge in [-0.05, 0) is 17.7 Å². The van der Waals surface area contributed by atoms with E-state index < -0.39 is 0 Å². The maximum atomic E-state index is 8.04. The Morgan fingerprint density at radius 1 is 1.53 bits per heavy atom. The summed E-state index contributed by atoms with van der Waals surface area (Å²) in [6.45, 7) is 0.146. The van der Waals surface area contributed by atoms with Gasteiger partial charge in [0, 0.05) is 22.2 Å². The Morgan fingerprint density at radius 3 is 3.00 bits per heavy atom. The highest BCUT2D eigenvalue weighted by Gasteiger charge is 1.95. The SMILES string of the molecule is COc1cc(N)cc(C#CCN=[N+]=[N-])c1. The van der Waals surface area contributed by atoms with Crippen molar-refractivity contribution in [2.75, 3.05) is 19.4 Å². The molecule has 76 valence electrons. The summed E-state index contributed by atoms with van der Waals surface area (Å²) in [5, 5.41) is 3.30. The van der Waals surface area contributed by atoms with Gasteiger partial charge in [-0.3, -0.25) is 0 Å². The topological polar surface area (TPSA) is 84.0 Å². The Bertz CT molecular complexity index is 452. The van der Waals surface area contributed by atoms with E-state index in [1.54, 1.807) is 25.3 Å². The molecule has 2 N–H and O–H groups in total. The van der Waals surface area contributed by atoms with Crippen molar-refractivity contribution in [1.29, 1.82) is 0 Å². The van der Waals surface area contributed by atoms with Crippen LogP contribution in [-0.4, -0.2) is 13.7 Å². The molecule has 0 spiro atoms. The first-order valence-electron chi connectivity index (χ1n) is 4.20. The molecule has 0 atom stereocenters. The molecule has 1 aromatic carbocycles. The molecule has 0 bridgehead atoms. The molecule has 0 radical (unpaired) electrons. The summed E-state index contributed by atoms with van der Waals surface area (Å²) >= 11 is 0. The van der Waals surface area contributed by atoms with E-state index in [9.17, 15) is 0 Å². The maximum Gasteiger partial charge on any atom is 0.122 e. The lowest BCUT2D eigenvalue weighted by atomic mass is 10.2. The van der Waals surface area contributed by atoms with E-state index in [0.29, 0.717) is 11.4 Å². The number of hydrogen-bond acceptors (Lipinski definition) is 3. The number of rotatable bonds is 2. The van der Waals surface area contributed by atoms with Crippen LogP contribution in [-0.2, 0) is 0 Å². The minimum Gasteiger partial charge on any atom is -0.497 e. The predicted molar refractivity (Wildman–Crippen MR) is 58.3 cm³/mol. The molecule has 0 aliphatic carbocycles. The summed E-state index contributed by atoms with van der Waals surface area (Å²) in [6, 6.07) is 5.20. The second-order valence-electron chi connectivity index (χ2n) is 2.69. The number of azide groups is 1. The van der Waals surface area contributed by atoms with Gasteiger partial charge in [0.15, 0.2) is 0 Å². The van der Waals surface area contributed by atoms with Gasteiger partial charge in [0.25, 0.3) is 0 Å². The zero-order chi connectivity index (χ0) is 11.1.